The van der Waals surface area contributed by atoms with Crippen LogP contribution in [0.4, 0.5) is 5.95 Å². The minimum atomic E-state index is -0.152. The fourth-order valence-electron chi connectivity index (χ4n) is 2.73. The fourth-order valence-corrected chi connectivity index (χ4v) is 2.73. The van der Waals surface area contributed by atoms with Crippen molar-refractivity contribution in [2.75, 3.05) is 24.5 Å². The summed E-state index contributed by atoms with van der Waals surface area (Å²) in [6.07, 6.45) is 5.15. The Morgan fingerprint density at radius 1 is 1.16 bits per heavy atom. The van der Waals surface area contributed by atoms with Gasteiger partial charge in [0.1, 0.15) is 0 Å². The van der Waals surface area contributed by atoms with Gasteiger partial charge in [-0.15, -0.1) is 0 Å². The molecule has 1 aromatic heterocycles. The number of hydrogen-bond acceptors (Lipinski definition) is 5. The van der Waals surface area contributed by atoms with Crippen LogP contribution in [0.15, 0.2) is 12.4 Å². The maximum Gasteiger partial charge on any atom is 0.254 e. The molecule has 25 heavy (non-hydrogen) atoms. The summed E-state index contributed by atoms with van der Waals surface area (Å²) in [5.41, 5.74) is 0.476. The van der Waals surface area contributed by atoms with Crippen molar-refractivity contribution < 1.29 is 9.59 Å². The highest BCUT2D eigenvalue weighted by atomic mass is 16.2. The number of piperidine rings is 1. The van der Waals surface area contributed by atoms with Crippen LogP contribution in [0.2, 0.25) is 0 Å². The Bertz CT molecular complexity index is 578. The zero-order chi connectivity index (χ0) is 18.4. The molecule has 138 valence electrons. The van der Waals surface area contributed by atoms with E-state index < -0.39 is 0 Å². The molecule has 7 heteroatoms. The Morgan fingerprint density at radius 2 is 1.76 bits per heavy atom. The highest BCUT2D eigenvalue weighted by Crippen LogP contribution is 2.20. The molecule has 2 rings (SSSR count). The van der Waals surface area contributed by atoms with Gasteiger partial charge in [0.05, 0.1) is 5.56 Å². The molecule has 2 heterocycles. The third-order valence-corrected chi connectivity index (χ3v) is 4.31. The first-order valence-corrected chi connectivity index (χ1v) is 9.02. The highest BCUT2D eigenvalue weighted by molar-refractivity contribution is 5.93. The van der Waals surface area contributed by atoms with E-state index in [9.17, 15) is 9.59 Å². The van der Waals surface area contributed by atoms with Gasteiger partial charge in [0.15, 0.2) is 0 Å². The largest absolute Gasteiger partial charge is 0.356 e. The molecule has 0 saturated carbocycles. The average molecular weight is 347 g/mol. The van der Waals surface area contributed by atoms with Gasteiger partial charge in [-0.2, -0.15) is 0 Å². The Balaban J connectivity index is 1.82. The van der Waals surface area contributed by atoms with E-state index in [1.54, 1.807) is 12.4 Å². The van der Waals surface area contributed by atoms with E-state index in [1.807, 2.05) is 27.7 Å². The minimum Gasteiger partial charge on any atom is -0.356 e. The number of carbonyl (C=O) groups excluding carboxylic acids is 2. The van der Waals surface area contributed by atoms with Crippen LogP contribution in [-0.2, 0) is 4.79 Å². The summed E-state index contributed by atoms with van der Waals surface area (Å²) < 4.78 is 0. The van der Waals surface area contributed by atoms with Gasteiger partial charge in [-0.05, 0) is 32.6 Å². The van der Waals surface area contributed by atoms with E-state index in [1.165, 1.54) is 0 Å². The summed E-state index contributed by atoms with van der Waals surface area (Å²) in [6, 6.07) is 0.0855. The Kier molecular flexibility index (Phi) is 6.73. The summed E-state index contributed by atoms with van der Waals surface area (Å²) >= 11 is 0. The number of nitrogens with one attached hydrogen (secondary N) is 2. The SMILES string of the molecule is CC(C)NC(=O)c1cnc(N2CCC(CNC(=O)C(C)C)CC2)nc1. The van der Waals surface area contributed by atoms with Gasteiger partial charge in [-0.1, -0.05) is 13.8 Å². The molecule has 1 aliphatic heterocycles. The lowest BCUT2D eigenvalue weighted by atomic mass is 9.97. The molecule has 1 aliphatic rings. The van der Waals surface area contributed by atoms with Gasteiger partial charge in [0.25, 0.3) is 5.91 Å². The molecular weight excluding hydrogens is 318 g/mol. The lowest BCUT2D eigenvalue weighted by Gasteiger charge is -2.32. The summed E-state index contributed by atoms with van der Waals surface area (Å²) in [6.45, 7) is 10.1. The molecule has 7 nitrogen and oxygen atoms in total. The van der Waals surface area contributed by atoms with E-state index in [0.717, 1.165) is 32.5 Å². The molecule has 0 aromatic carbocycles. The van der Waals surface area contributed by atoms with Crippen LogP contribution in [-0.4, -0.2) is 47.5 Å². The van der Waals surface area contributed by atoms with Crippen molar-refractivity contribution in [1.82, 2.24) is 20.6 Å². The summed E-state index contributed by atoms with van der Waals surface area (Å²) in [7, 11) is 0. The molecule has 0 unspecified atom stereocenters. The van der Waals surface area contributed by atoms with E-state index in [2.05, 4.69) is 25.5 Å². The van der Waals surface area contributed by atoms with Gasteiger partial charge in [-0.3, -0.25) is 9.59 Å². The monoisotopic (exact) mass is 347 g/mol. The smallest absolute Gasteiger partial charge is 0.254 e. The summed E-state index contributed by atoms with van der Waals surface area (Å²) in [5.74, 6) is 1.14. The van der Waals surface area contributed by atoms with Crippen molar-refractivity contribution >= 4 is 17.8 Å². The van der Waals surface area contributed by atoms with Gasteiger partial charge >= 0.3 is 0 Å². The van der Waals surface area contributed by atoms with Crippen LogP contribution in [0.3, 0.4) is 0 Å². The molecule has 1 fully saturated rings. The molecule has 1 aromatic rings. The van der Waals surface area contributed by atoms with E-state index >= 15 is 0 Å². The third kappa shape index (κ3) is 5.69. The molecule has 0 radical (unpaired) electrons. The van der Waals surface area contributed by atoms with Crippen molar-refractivity contribution in [1.29, 1.82) is 0 Å². The van der Waals surface area contributed by atoms with E-state index in [-0.39, 0.29) is 23.8 Å². The molecule has 1 saturated heterocycles. The topological polar surface area (TPSA) is 87.2 Å². The van der Waals surface area contributed by atoms with Gasteiger partial charge in [-0.25, -0.2) is 9.97 Å². The third-order valence-electron chi connectivity index (χ3n) is 4.31. The van der Waals surface area contributed by atoms with Crippen molar-refractivity contribution in [2.45, 2.75) is 46.6 Å². The first-order chi connectivity index (χ1) is 11.9. The number of nitrogens with zero attached hydrogens (tertiary/aromatic N) is 3. The number of carbonyl (C=O) groups is 2. The van der Waals surface area contributed by atoms with Crippen LogP contribution in [0.1, 0.15) is 50.9 Å². The molecule has 0 aliphatic carbocycles. The zero-order valence-corrected chi connectivity index (χ0v) is 15.6. The number of rotatable bonds is 6. The van der Waals surface area contributed by atoms with Crippen molar-refractivity contribution in [3.8, 4) is 0 Å². The molecule has 0 atom stereocenters. The second kappa shape index (κ2) is 8.78. The molecule has 2 amide bonds. The Morgan fingerprint density at radius 3 is 2.28 bits per heavy atom. The molecule has 0 spiro atoms. The molecule has 2 N–H and O–H groups in total. The lowest BCUT2D eigenvalue weighted by molar-refractivity contribution is -0.124. The standard InChI is InChI=1S/C18H29N5O2/c1-12(2)16(24)19-9-14-5-7-23(8-6-14)18-20-10-15(11-21-18)17(25)22-13(3)4/h10-14H,5-9H2,1-4H3,(H,19,24)(H,22,25). The van der Waals surface area contributed by atoms with Crippen LogP contribution in [0.5, 0.6) is 0 Å². The van der Waals surface area contributed by atoms with Gasteiger partial charge < -0.3 is 15.5 Å². The predicted molar refractivity (Wildman–Crippen MR) is 97.4 cm³/mol. The highest BCUT2D eigenvalue weighted by Gasteiger charge is 2.22. The predicted octanol–water partition coefficient (Wildman–Crippen LogP) is 1.60. The second-order valence-corrected chi connectivity index (χ2v) is 7.23. The minimum absolute atomic E-state index is 0.0277. The zero-order valence-electron chi connectivity index (χ0n) is 15.6. The average Bonchev–Trinajstić information content (AvgIpc) is 2.59. The van der Waals surface area contributed by atoms with E-state index in [0.29, 0.717) is 17.4 Å². The van der Waals surface area contributed by atoms with Crippen LogP contribution in [0.25, 0.3) is 0 Å². The van der Waals surface area contributed by atoms with Crippen LogP contribution < -0.4 is 15.5 Å². The first kappa shape index (κ1) is 19.1. The number of aromatic nitrogens is 2. The molecule has 0 bridgehead atoms. The number of anilines is 1. The fraction of sp³-hybridized carbons (Fsp3) is 0.667. The second-order valence-electron chi connectivity index (χ2n) is 7.23. The van der Waals surface area contributed by atoms with E-state index in [4.69, 9.17) is 0 Å². The quantitative estimate of drug-likeness (QED) is 0.816. The maximum atomic E-state index is 11.9. The van der Waals surface area contributed by atoms with Gasteiger partial charge in [0.2, 0.25) is 11.9 Å². The van der Waals surface area contributed by atoms with Crippen LogP contribution >= 0.6 is 0 Å². The summed E-state index contributed by atoms with van der Waals surface area (Å²) in [5, 5.41) is 5.84. The maximum absolute atomic E-state index is 11.9. The number of amides is 2. The lowest BCUT2D eigenvalue weighted by Crippen LogP contribution is -2.40. The Hall–Kier alpha value is -2.18. The van der Waals surface area contributed by atoms with Gasteiger partial charge in [0, 0.05) is 44.0 Å². The van der Waals surface area contributed by atoms with Crippen molar-refractivity contribution in [3.05, 3.63) is 18.0 Å². The summed E-state index contributed by atoms with van der Waals surface area (Å²) in [4.78, 5) is 34.4. The van der Waals surface area contributed by atoms with Crippen molar-refractivity contribution in [2.24, 2.45) is 11.8 Å². The van der Waals surface area contributed by atoms with Crippen LogP contribution in [0, 0.1) is 11.8 Å². The number of hydrogen-bond donors (Lipinski definition) is 2. The Labute approximate surface area is 149 Å². The van der Waals surface area contributed by atoms with Crippen molar-refractivity contribution in [3.63, 3.8) is 0 Å². The normalized spacial score (nSPS) is 15.5. The first-order valence-electron chi connectivity index (χ1n) is 9.02. The molecular formula is C18H29N5O2.